The van der Waals surface area contributed by atoms with Gasteiger partial charge >= 0.3 is 0 Å². The maximum atomic E-state index is 13.7. The van der Waals surface area contributed by atoms with Crippen molar-refractivity contribution in [3.8, 4) is 0 Å². The highest BCUT2D eigenvalue weighted by molar-refractivity contribution is 7.92. The maximum absolute atomic E-state index is 13.7. The SMILES string of the molecule is CC(C)NC(=O)[C@@H](C)N(Cc1c(Cl)cccc1Cl)C(=O)CN(c1cccc2ccccc12)S(C)(=O)=O. The molecule has 1 atom stereocenters. The first-order valence-corrected chi connectivity index (χ1v) is 14.0. The summed E-state index contributed by atoms with van der Waals surface area (Å²) >= 11 is 12.7. The second-order valence-electron chi connectivity index (χ2n) is 8.83. The molecule has 0 saturated heterocycles. The van der Waals surface area contributed by atoms with Crippen molar-refractivity contribution in [2.75, 3.05) is 17.1 Å². The molecule has 0 bridgehead atoms. The normalized spacial score (nSPS) is 12.4. The Morgan fingerprint density at radius 3 is 2.11 bits per heavy atom. The van der Waals surface area contributed by atoms with Gasteiger partial charge in [0.15, 0.2) is 0 Å². The summed E-state index contributed by atoms with van der Waals surface area (Å²) in [5.41, 5.74) is 0.841. The number of rotatable bonds is 9. The van der Waals surface area contributed by atoms with Gasteiger partial charge in [-0.1, -0.05) is 65.7 Å². The molecule has 0 heterocycles. The first-order chi connectivity index (χ1) is 16.9. The highest BCUT2D eigenvalue weighted by Crippen LogP contribution is 2.30. The summed E-state index contributed by atoms with van der Waals surface area (Å²) in [6.45, 7) is 4.63. The van der Waals surface area contributed by atoms with E-state index < -0.39 is 28.5 Å². The van der Waals surface area contributed by atoms with Crippen molar-refractivity contribution in [1.82, 2.24) is 10.2 Å². The maximum Gasteiger partial charge on any atom is 0.244 e. The van der Waals surface area contributed by atoms with Crippen LogP contribution >= 0.6 is 23.2 Å². The third-order valence-corrected chi connectivity index (χ3v) is 7.54. The first kappa shape index (κ1) is 27.8. The monoisotopic (exact) mass is 549 g/mol. The number of amides is 2. The lowest BCUT2D eigenvalue weighted by molar-refractivity contribution is -0.139. The molecule has 0 aliphatic carbocycles. The minimum absolute atomic E-state index is 0.0723. The smallest absolute Gasteiger partial charge is 0.244 e. The van der Waals surface area contributed by atoms with Gasteiger partial charge in [0.25, 0.3) is 0 Å². The van der Waals surface area contributed by atoms with E-state index in [2.05, 4.69) is 5.32 Å². The van der Waals surface area contributed by atoms with E-state index >= 15 is 0 Å². The van der Waals surface area contributed by atoms with Gasteiger partial charge in [-0.05, 0) is 44.4 Å². The fourth-order valence-electron chi connectivity index (χ4n) is 3.86. The lowest BCUT2D eigenvalue weighted by Crippen LogP contribution is -2.52. The molecule has 2 amide bonds. The highest BCUT2D eigenvalue weighted by atomic mass is 35.5. The number of sulfonamides is 1. The van der Waals surface area contributed by atoms with E-state index in [1.165, 1.54) is 4.90 Å². The number of benzene rings is 3. The first-order valence-electron chi connectivity index (χ1n) is 11.4. The predicted octanol–water partition coefficient (Wildman–Crippen LogP) is 4.85. The minimum Gasteiger partial charge on any atom is -0.352 e. The van der Waals surface area contributed by atoms with Crippen LogP contribution in [0.1, 0.15) is 26.3 Å². The lowest BCUT2D eigenvalue weighted by atomic mass is 10.1. The molecule has 7 nitrogen and oxygen atoms in total. The summed E-state index contributed by atoms with van der Waals surface area (Å²) in [4.78, 5) is 27.9. The van der Waals surface area contributed by atoms with Crippen LogP contribution in [0, 0.1) is 0 Å². The van der Waals surface area contributed by atoms with Crippen molar-refractivity contribution in [2.24, 2.45) is 0 Å². The Kier molecular flexibility index (Phi) is 8.87. The molecule has 0 fully saturated rings. The summed E-state index contributed by atoms with van der Waals surface area (Å²) in [5.74, 6) is -0.951. The number of halogens is 2. The Hall–Kier alpha value is -2.81. The molecule has 3 aromatic carbocycles. The van der Waals surface area contributed by atoms with Gasteiger partial charge in [0, 0.05) is 33.6 Å². The molecule has 0 radical (unpaired) electrons. The summed E-state index contributed by atoms with van der Waals surface area (Å²) in [7, 11) is -3.86. The number of nitrogens with zero attached hydrogens (tertiary/aromatic N) is 2. The Bertz CT molecular complexity index is 1350. The Balaban J connectivity index is 2.04. The molecule has 0 aliphatic rings. The molecule has 0 aromatic heterocycles. The van der Waals surface area contributed by atoms with Crippen LogP contribution in [-0.4, -0.2) is 50.0 Å². The van der Waals surface area contributed by atoms with Gasteiger partial charge in [0.1, 0.15) is 12.6 Å². The summed E-state index contributed by atoms with van der Waals surface area (Å²) in [6.07, 6.45) is 1.05. The van der Waals surface area contributed by atoms with Gasteiger partial charge in [-0.25, -0.2) is 8.42 Å². The lowest BCUT2D eigenvalue weighted by Gasteiger charge is -2.32. The van der Waals surface area contributed by atoms with Crippen LogP contribution in [0.25, 0.3) is 10.8 Å². The molecular weight excluding hydrogens is 521 g/mol. The van der Waals surface area contributed by atoms with Crippen LogP contribution in [0.15, 0.2) is 60.7 Å². The zero-order valence-corrected chi connectivity index (χ0v) is 22.9. The van der Waals surface area contributed by atoms with Crippen molar-refractivity contribution in [1.29, 1.82) is 0 Å². The Morgan fingerprint density at radius 1 is 0.917 bits per heavy atom. The van der Waals surface area contributed by atoms with E-state index in [0.717, 1.165) is 15.9 Å². The third kappa shape index (κ3) is 6.49. The van der Waals surface area contributed by atoms with Crippen molar-refractivity contribution in [2.45, 2.75) is 39.4 Å². The molecule has 3 aromatic rings. The number of fused-ring (bicyclic) bond motifs is 1. The summed E-state index contributed by atoms with van der Waals surface area (Å²) < 4.78 is 26.8. The van der Waals surface area contributed by atoms with Crippen molar-refractivity contribution < 1.29 is 18.0 Å². The molecule has 0 spiro atoms. The highest BCUT2D eigenvalue weighted by Gasteiger charge is 2.31. The topological polar surface area (TPSA) is 86.8 Å². The zero-order valence-electron chi connectivity index (χ0n) is 20.5. The Labute approximate surface area is 222 Å². The molecule has 0 aliphatic heterocycles. The molecule has 3 rings (SSSR count). The molecule has 1 N–H and O–H groups in total. The average Bonchev–Trinajstić information content (AvgIpc) is 2.80. The van der Waals surface area contributed by atoms with Gasteiger partial charge in [-0.2, -0.15) is 0 Å². The van der Waals surface area contributed by atoms with Crippen LogP contribution in [0.2, 0.25) is 10.0 Å². The van der Waals surface area contributed by atoms with Gasteiger partial charge in [0.05, 0.1) is 11.9 Å². The molecule has 10 heteroatoms. The number of carbonyl (C=O) groups excluding carboxylic acids is 2. The second-order valence-corrected chi connectivity index (χ2v) is 11.6. The molecular formula is C26H29Cl2N3O4S. The molecule has 192 valence electrons. The largest absolute Gasteiger partial charge is 0.352 e. The minimum atomic E-state index is -3.86. The van der Waals surface area contributed by atoms with Crippen molar-refractivity contribution in [3.63, 3.8) is 0 Å². The van der Waals surface area contributed by atoms with Crippen LogP contribution in [0.3, 0.4) is 0 Å². The Morgan fingerprint density at radius 2 is 1.50 bits per heavy atom. The molecule has 0 unspecified atom stereocenters. The van der Waals surface area contributed by atoms with E-state index in [4.69, 9.17) is 23.2 Å². The standard InChI is InChI=1S/C26H29Cl2N3O4S/c1-17(2)29-26(33)18(3)30(15-21-22(27)12-8-13-23(21)28)25(32)16-31(36(4,34)35)24-14-7-10-19-9-5-6-11-20(19)24/h5-14,17-18H,15-16H2,1-4H3,(H,29,33)/t18-/m1/s1. The van der Waals surface area contributed by atoms with Crippen LogP contribution in [0.5, 0.6) is 0 Å². The van der Waals surface area contributed by atoms with E-state index in [-0.39, 0.29) is 18.5 Å². The number of anilines is 1. The summed E-state index contributed by atoms with van der Waals surface area (Å²) in [6, 6.07) is 16.5. The predicted molar refractivity (Wildman–Crippen MR) is 146 cm³/mol. The molecule has 36 heavy (non-hydrogen) atoms. The van der Waals surface area contributed by atoms with E-state index in [1.54, 1.807) is 49.4 Å². The third-order valence-electron chi connectivity index (χ3n) is 5.70. The fraction of sp³-hybridized carbons (Fsp3) is 0.308. The number of hydrogen-bond acceptors (Lipinski definition) is 4. The van der Waals surface area contributed by atoms with Crippen molar-refractivity contribution in [3.05, 3.63) is 76.3 Å². The van der Waals surface area contributed by atoms with Gasteiger partial charge in [-0.15, -0.1) is 0 Å². The summed E-state index contributed by atoms with van der Waals surface area (Å²) in [5, 5.41) is 5.00. The quantitative estimate of drug-likeness (QED) is 0.413. The van der Waals surface area contributed by atoms with Crippen LogP contribution in [0.4, 0.5) is 5.69 Å². The van der Waals surface area contributed by atoms with Crippen LogP contribution < -0.4 is 9.62 Å². The van der Waals surface area contributed by atoms with E-state index in [1.807, 2.05) is 32.0 Å². The number of nitrogens with one attached hydrogen (secondary N) is 1. The van der Waals surface area contributed by atoms with E-state index in [0.29, 0.717) is 26.7 Å². The van der Waals surface area contributed by atoms with E-state index in [9.17, 15) is 18.0 Å². The van der Waals surface area contributed by atoms with Crippen molar-refractivity contribution >= 4 is 61.5 Å². The van der Waals surface area contributed by atoms with Crippen LogP contribution in [-0.2, 0) is 26.2 Å². The number of carbonyl (C=O) groups is 2. The molecule has 0 saturated carbocycles. The number of hydrogen-bond donors (Lipinski definition) is 1. The van der Waals surface area contributed by atoms with Gasteiger partial charge in [-0.3, -0.25) is 13.9 Å². The van der Waals surface area contributed by atoms with Gasteiger partial charge < -0.3 is 10.2 Å². The average molecular weight is 551 g/mol. The van der Waals surface area contributed by atoms with Gasteiger partial charge in [0.2, 0.25) is 21.8 Å². The fourth-order valence-corrected chi connectivity index (χ4v) is 5.24. The zero-order chi connectivity index (χ0) is 26.6. The second kappa shape index (κ2) is 11.5.